The van der Waals surface area contributed by atoms with Crippen LogP contribution in [0.25, 0.3) is 17.5 Å². The molecule has 12 heteroatoms. The predicted octanol–water partition coefficient (Wildman–Crippen LogP) is 4.08. The summed E-state index contributed by atoms with van der Waals surface area (Å²) in [7, 11) is 0. The molecular formula is C31H38F4N6O2. The van der Waals surface area contributed by atoms with Gasteiger partial charge >= 0.3 is 6.36 Å². The Morgan fingerprint density at radius 2 is 1.93 bits per heavy atom. The fraction of sp³-hybridized carbons (Fsp3) is 0.452. The third-order valence-corrected chi connectivity index (χ3v) is 7.93. The summed E-state index contributed by atoms with van der Waals surface area (Å²) in [5, 5.41) is 15.0. The molecule has 2 aliphatic heterocycles. The molecule has 0 spiro atoms. The lowest BCUT2D eigenvalue weighted by atomic mass is 9.92. The van der Waals surface area contributed by atoms with Gasteiger partial charge < -0.3 is 36.5 Å². The van der Waals surface area contributed by atoms with Crippen LogP contribution in [0.15, 0.2) is 47.5 Å². The summed E-state index contributed by atoms with van der Waals surface area (Å²) in [6, 6.07) is 12.6. The maximum atomic E-state index is 15.4. The summed E-state index contributed by atoms with van der Waals surface area (Å²) in [5.41, 5.74) is 14.3. The van der Waals surface area contributed by atoms with E-state index < -0.39 is 24.3 Å². The van der Waals surface area contributed by atoms with Gasteiger partial charge in [-0.15, -0.1) is 13.2 Å². The van der Waals surface area contributed by atoms with Crippen LogP contribution in [0.1, 0.15) is 62.6 Å². The van der Waals surface area contributed by atoms with E-state index in [4.69, 9.17) is 11.5 Å². The molecule has 4 atom stereocenters. The summed E-state index contributed by atoms with van der Waals surface area (Å²) in [4.78, 5) is 8.85. The maximum absolute atomic E-state index is 15.4. The minimum absolute atomic E-state index is 0.0683. The Morgan fingerprint density at radius 3 is 2.63 bits per heavy atom. The van der Waals surface area contributed by atoms with E-state index in [1.807, 2.05) is 31.2 Å². The maximum Gasteiger partial charge on any atom is 0.573 e. The Kier molecular flexibility index (Phi) is 9.40. The number of aromatic amines is 1. The minimum atomic E-state index is -5.06. The van der Waals surface area contributed by atoms with Gasteiger partial charge in [-0.05, 0) is 93.5 Å². The van der Waals surface area contributed by atoms with Gasteiger partial charge in [0.15, 0.2) is 11.6 Å². The van der Waals surface area contributed by atoms with Crippen molar-refractivity contribution in [3.63, 3.8) is 0 Å². The number of hydrogen-bond acceptors (Lipinski definition) is 7. The van der Waals surface area contributed by atoms with E-state index in [1.54, 1.807) is 17.2 Å². The number of aliphatic hydroxyl groups excluding tert-OH is 1. The first-order valence-corrected chi connectivity index (χ1v) is 14.7. The molecule has 3 aromatic rings. The number of H-pyrrole nitrogens is 1. The van der Waals surface area contributed by atoms with Gasteiger partial charge in [-0.2, -0.15) is 0 Å². The molecule has 43 heavy (non-hydrogen) atoms. The fourth-order valence-electron chi connectivity index (χ4n) is 5.82. The number of aliphatic hydroxyl groups is 1. The monoisotopic (exact) mass is 602 g/mol. The lowest BCUT2D eigenvalue weighted by Crippen LogP contribution is -2.41. The lowest BCUT2D eigenvalue weighted by molar-refractivity contribution is -0.275. The third-order valence-electron chi connectivity index (χ3n) is 7.93. The van der Waals surface area contributed by atoms with Crippen molar-refractivity contribution in [1.82, 2.24) is 10.3 Å². The highest BCUT2D eigenvalue weighted by Crippen LogP contribution is 2.34. The van der Waals surface area contributed by atoms with Crippen LogP contribution in [-0.4, -0.2) is 41.4 Å². The predicted molar refractivity (Wildman–Crippen MR) is 157 cm³/mol. The highest BCUT2D eigenvalue weighted by molar-refractivity contribution is 5.66. The van der Waals surface area contributed by atoms with Gasteiger partial charge in [-0.25, -0.2) is 9.38 Å². The quantitative estimate of drug-likeness (QED) is 0.223. The normalized spacial score (nSPS) is 21.1. The van der Waals surface area contributed by atoms with Crippen LogP contribution >= 0.6 is 0 Å². The van der Waals surface area contributed by atoms with Crippen LogP contribution < -0.4 is 37.1 Å². The zero-order valence-electron chi connectivity index (χ0n) is 24.0. The molecule has 2 aromatic carbocycles. The zero-order chi connectivity index (χ0) is 30.7. The van der Waals surface area contributed by atoms with E-state index in [0.717, 1.165) is 37.3 Å². The Labute approximate surface area is 247 Å². The highest BCUT2D eigenvalue weighted by atomic mass is 19.4. The van der Waals surface area contributed by atoms with Gasteiger partial charge in [0, 0.05) is 40.8 Å². The molecule has 1 unspecified atom stereocenters. The molecule has 8 nitrogen and oxygen atoms in total. The second kappa shape index (κ2) is 13.0. The van der Waals surface area contributed by atoms with E-state index >= 15 is 4.39 Å². The number of anilines is 1. The number of halogens is 4. The van der Waals surface area contributed by atoms with E-state index in [-0.39, 0.29) is 28.8 Å². The van der Waals surface area contributed by atoms with Crippen LogP contribution in [0.3, 0.4) is 0 Å². The van der Waals surface area contributed by atoms with E-state index in [1.165, 1.54) is 6.07 Å². The number of fused-ring (bicyclic) bond motifs is 1. The number of alkyl halides is 3. The number of piperidine rings is 1. The number of hydrogen-bond donors (Lipinski definition) is 5. The molecule has 5 rings (SSSR count). The Morgan fingerprint density at radius 1 is 1.16 bits per heavy atom. The summed E-state index contributed by atoms with van der Waals surface area (Å²) in [6.07, 6.45) is 1.24. The Balaban J connectivity index is 1.42. The Bertz CT molecular complexity index is 1520. The lowest BCUT2D eigenvalue weighted by Gasteiger charge is -2.32. The summed E-state index contributed by atoms with van der Waals surface area (Å²) < 4.78 is 58.7. The van der Waals surface area contributed by atoms with Crippen molar-refractivity contribution in [1.29, 1.82) is 0 Å². The summed E-state index contributed by atoms with van der Waals surface area (Å²) in [6.45, 7) is 2.49. The SMILES string of the molecule is C[C@H](N)CCCc1cc(OC(F)(F)F)c(F)c(-c2cc3c([nH]2)=NC(O)N(c2ccc([C@@H]4CCC[C@@H](CCN)N4)cc2)C=3)c1. The van der Waals surface area contributed by atoms with Crippen molar-refractivity contribution >= 4 is 11.9 Å². The molecule has 7 N–H and O–H groups in total. The average molecular weight is 603 g/mol. The van der Waals surface area contributed by atoms with Gasteiger partial charge in [0.25, 0.3) is 0 Å². The number of aromatic nitrogens is 1. The van der Waals surface area contributed by atoms with Crippen LogP contribution in [-0.2, 0) is 6.42 Å². The summed E-state index contributed by atoms with van der Waals surface area (Å²) >= 11 is 0. The molecule has 2 aliphatic rings. The van der Waals surface area contributed by atoms with Gasteiger partial charge in [0.1, 0.15) is 5.49 Å². The first-order valence-electron chi connectivity index (χ1n) is 14.7. The van der Waals surface area contributed by atoms with E-state index in [9.17, 15) is 18.3 Å². The number of nitrogens with two attached hydrogens (primary N) is 2. The molecule has 1 saturated heterocycles. The van der Waals surface area contributed by atoms with Crippen molar-refractivity contribution < 1.29 is 27.4 Å². The van der Waals surface area contributed by atoms with Crippen molar-refractivity contribution in [2.45, 2.75) is 82.7 Å². The number of nitrogens with one attached hydrogen (secondary N) is 2. The molecule has 0 bridgehead atoms. The van der Waals surface area contributed by atoms with E-state index in [2.05, 4.69) is 20.0 Å². The summed E-state index contributed by atoms with van der Waals surface area (Å²) in [5.74, 6) is -2.05. The van der Waals surface area contributed by atoms with Gasteiger partial charge in [-0.3, -0.25) is 0 Å². The average Bonchev–Trinajstić information content (AvgIpc) is 3.36. The number of rotatable bonds is 10. The van der Waals surface area contributed by atoms with Gasteiger partial charge in [-0.1, -0.05) is 18.6 Å². The van der Waals surface area contributed by atoms with Crippen LogP contribution in [0.2, 0.25) is 0 Å². The third kappa shape index (κ3) is 7.56. The molecule has 1 aromatic heterocycles. The molecule has 0 amide bonds. The fourth-order valence-corrected chi connectivity index (χ4v) is 5.82. The minimum Gasteiger partial charge on any atom is -0.403 e. The molecule has 232 valence electrons. The molecule has 1 fully saturated rings. The van der Waals surface area contributed by atoms with Crippen LogP contribution in [0.5, 0.6) is 5.75 Å². The topological polar surface area (TPSA) is 125 Å². The zero-order valence-corrected chi connectivity index (χ0v) is 24.0. The smallest absolute Gasteiger partial charge is 0.403 e. The van der Waals surface area contributed by atoms with Crippen molar-refractivity contribution in [3.8, 4) is 17.0 Å². The molecule has 0 saturated carbocycles. The number of aryl methyl sites for hydroxylation is 1. The standard InChI is InChI=1S/C31H38F4N6O2/c1-18(37)4-2-5-19-14-24(28(32)27(15-19)43-31(33,34)35)26-16-21-17-41(30(42)40-29(21)39-26)23-10-8-20(9-11-23)25-7-3-6-22(38-25)12-13-36/h8-11,14-18,22,25,30,38,42H,2-7,12-13,36-37H2,1H3,(H,39,40)/t18-,22-,25-,30?/m0/s1. The molecular weight excluding hydrogens is 564 g/mol. The van der Waals surface area contributed by atoms with E-state index in [0.29, 0.717) is 48.3 Å². The first-order chi connectivity index (χ1) is 20.5. The largest absolute Gasteiger partial charge is 0.573 e. The van der Waals surface area contributed by atoms with Gasteiger partial charge in [0.05, 0.1) is 5.69 Å². The van der Waals surface area contributed by atoms with Crippen molar-refractivity contribution in [3.05, 3.63) is 70.1 Å². The molecule has 3 heterocycles. The second-order valence-corrected chi connectivity index (χ2v) is 11.4. The number of nitrogens with zero attached hydrogens (tertiary/aromatic N) is 2. The molecule has 0 aliphatic carbocycles. The number of ether oxygens (including phenoxy) is 1. The highest BCUT2D eigenvalue weighted by Gasteiger charge is 2.33. The molecule has 0 radical (unpaired) electrons. The van der Waals surface area contributed by atoms with Crippen molar-refractivity contribution in [2.75, 3.05) is 11.4 Å². The van der Waals surface area contributed by atoms with Gasteiger partial charge in [0.2, 0.25) is 6.35 Å². The van der Waals surface area contributed by atoms with Crippen LogP contribution in [0, 0.1) is 5.82 Å². The van der Waals surface area contributed by atoms with Crippen molar-refractivity contribution in [2.24, 2.45) is 16.5 Å². The Hall–Kier alpha value is -3.45. The second-order valence-electron chi connectivity index (χ2n) is 11.4. The number of benzene rings is 2. The van der Waals surface area contributed by atoms with Crippen LogP contribution in [0.4, 0.5) is 23.2 Å². The first kappa shape index (κ1) is 31.0.